The molecule has 0 bridgehead atoms. The van der Waals surface area contributed by atoms with E-state index in [2.05, 4.69) is 10.2 Å². The summed E-state index contributed by atoms with van der Waals surface area (Å²) in [6.07, 6.45) is 3.06. The summed E-state index contributed by atoms with van der Waals surface area (Å²) >= 11 is 0. The molecule has 0 radical (unpaired) electrons. The van der Waals surface area contributed by atoms with Crippen LogP contribution >= 0.6 is 0 Å². The van der Waals surface area contributed by atoms with Crippen LogP contribution in [-0.2, 0) is 23.0 Å². The van der Waals surface area contributed by atoms with E-state index in [1.807, 2.05) is 26.0 Å². The molecule has 1 fully saturated rings. The number of rotatable bonds is 7. The smallest absolute Gasteiger partial charge is 0.238 e. The summed E-state index contributed by atoms with van der Waals surface area (Å²) < 4.78 is 23.5. The third-order valence-corrected chi connectivity index (χ3v) is 6.80. The van der Waals surface area contributed by atoms with Gasteiger partial charge in [-0.15, -0.1) is 0 Å². The molecule has 0 spiro atoms. The molecule has 4 rings (SSSR count). The van der Waals surface area contributed by atoms with Crippen LogP contribution in [-0.4, -0.2) is 42.7 Å². The van der Waals surface area contributed by atoms with Gasteiger partial charge in [0.05, 0.1) is 23.2 Å². The second kappa shape index (κ2) is 8.13. The molecule has 4 N–H and O–H groups in total. The first-order chi connectivity index (χ1) is 14.2. The van der Waals surface area contributed by atoms with E-state index in [4.69, 9.17) is 15.1 Å². The van der Waals surface area contributed by atoms with E-state index in [0.29, 0.717) is 18.4 Å². The molecule has 0 saturated heterocycles. The minimum atomic E-state index is -3.74. The number of nitrogens with zero attached hydrogens (tertiary/aromatic N) is 3. The zero-order chi connectivity index (χ0) is 21.5. The van der Waals surface area contributed by atoms with Gasteiger partial charge < -0.3 is 15.3 Å². The maximum atomic E-state index is 11.7. The number of hydrogen-bond donors (Lipinski definition) is 3. The Morgan fingerprint density at radius 1 is 1.23 bits per heavy atom. The van der Waals surface area contributed by atoms with Crippen LogP contribution in [0, 0.1) is 5.92 Å². The van der Waals surface area contributed by atoms with E-state index in [0.717, 1.165) is 48.4 Å². The predicted molar refractivity (Wildman–Crippen MR) is 116 cm³/mol. The van der Waals surface area contributed by atoms with Gasteiger partial charge in [0.1, 0.15) is 5.82 Å². The quantitative estimate of drug-likeness (QED) is 0.613. The number of fused-ring (bicyclic) bond motifs is 1. The summed E-state index contributed by atoms with van der Waals surface area (Å²) in [5.74, 6) is 2.06. The molecule has 9 heteroatoms. The molecule has 2 aliphatic rings. The Bertz CT molecular complexity index is 1040. The van der Waals surface area contributed by atoms with E-state index < -0.39 is 10.0 Å². The third-order valence-electron chi connectivity index (χ3n) is 5.89. The number of primary sulfonamides is 1. The molecule has 0 unspecified atom stereocenters. The standard InChI is InChI=1S/C21H29N5O3S/c1-13(2)19(12-27)24-21-23-18(15-3-4-15)10-20(25-21)26-8-7-14-5-6-17(30(22,28)29)9-16(14)11-26/h5-6,9-10,13,15,19,27H,3-4,7-8,11-12H2,1-2H3,(H2,22,28,29)(H,23,24,25)/t19-/m1/s1. The minimum absolute atomic E-state index is 0.0114. The third kappa shape index (κ3) is 4.58. The SMILES string of the molecule is CC(C)[C@@H](CO)Nc1nc(C2CC2)cc(N2CCc3ccc(S(N)(=O)=O)cc3C2)n1. The van der Waals surface area contributed by atoms with Gasteiger partial charge >= 0.3 is 0 Å². The van der Waals surface area contributed by atoms with Crippen LogP contribution < -0.4 is 15.4 Å². The number of benzene rings is 1. The number of hydrogen-bond acceptors (Lipinski definition) is 7. The molecule has 1 aliphatic heterocycles. The fourth-order valence-electron chi connectivity index (χ4n) is 3.76. The lowest BCUT2D eigenvalue weighted by Gasteiger charge is -2.31. The maximum Gasteiger partial charge on any atom is 0.238 e. The van der Waals surface area contributed by atoms with Crippen molar-refractivity contribution in [3.63, 3.8) is 0 Å². The van der Waals surface area contributed by atoms with E-state index >= 15 is 0 Å². The van der Waals surface area contributed by atoms with Crippen molar-refractivity contribution in [2.24, 2.45) is 11.1 Å². The lowest BCUT2D eigenvalue weighted by atomic mass is 10.00. The Balaban J connectivity index is 1.64. The highest BCUT2D eigenvalue weighted by Crippen LogP contribution is 2.40. The van der Waals surface area contributed by atoms with Crippen molar-refractivity contribution >= 4 is 21.8 Å². The molecule has 1 aromatic heterocycles. The van der Waals surface area contributed by atoms with Gasteiger partial charge in [-0.3, -0.25) is 0 Å². The fourth-order valence-corrected chi connectivity index (χ4v) is 4.33. The Morgan fingerprint density at radius 3 is 2.63 bits per heavy atom. The number of aliphatic hydroxyl groups excluding tert-OH is 1. The maximum absolute atomic E-state index is 11.7. The van der Waals surface area contributed by atoms with Crippen LogP contribution in [0.2, 0.25) is 0 Å². The van der Waals surface area contributed by atoms with Crippen LogP contribution in [0.4, 0.5) is 11.8 Å². The summed E-state index contributed by atoms with van der Waals surface area (Å²) in [5, 5.41) is 18.3. The van der Waals surface area contributed by atoms with Crippen molar-refractivity contribution in [2.75, 3.05) is 23.4 Å². The number of nitrogens with two attached hydrogens (primary N) is 1. The normalized spacial score (nSPS) is 17.7. The second-order valence-corrected chi connectivity index (χ2v) is 10.1. The van der Waals surface area contributed by atoms with Gasteiger partial charge in [-0.25, -0.2) is 18.5 Å². The molecule has 8 nitrogen and oxygen atoms in total. The highest BCUT2D eigenvalue weighted by Gasteiger charge is 2.28. The van der Waals surface area contributed by atoms with Crippen LogP contribution in [0.15, 0.2) is 29.2 Å². The van der Waals surface area contributed by atoms with E-state index in [1.54, 1.807) is 12.1 Å². The average Bonchev–Trinajstić information content (AvgIpc) is 3.55. The zero-order valence-electron chi connectivity index (χ0n) is 17.4. The first-order valence-corrected chi connectivity index (χ1v) is 11.9. The van der Waals surface area contributed by atoms with Gasteiger partial charge in [-0.05, 0) is 48.4 Å². The molecule has 162 valence electrons. The number of aromatic nitrogens is 2. The van der Waals surface area contributed by atoms with Crippen LogP contribution in [0.5, 0.6) is 0 Å². The van der Waals surface area contributed by atoms with Gasteiger partial charge in [0.15, 0.2) is 0 Å². The van der Waals surface area contributed by atoms with Gasteiger partial charge in [0.25, 0.3) is 0 Å². The Morgan fingerprint density at radius 2 is 2.00 bits per heavy atom. The summed E-state index contributed by atoms with van der Waals surface area (Å²) in [6, 6.07) is 7.01. The van der Waals surface area contributed by atoms with Crippen molar-refractivity contribution in [1.29, 1.82) is 0 Å². The first kappa shape index (κ1) is 21.0. The molecule has 2 aromatic rings. The summed E-state index contributed by atoms with van der Waals surface area (Å²) in [7, 11) is -3.74. The summed E-state index contributed by atoms with van der Waals surface area (Å²) in [6.45, 7) is 5.45. The number of nitrogens with one attached hydrogen (secondary N) is 1. The molecule has 0 amide bonds. The fraction of sp³-hybridized carbons (Fsp3) is 0.524. The van der Waals surface area contributed by atoms with Crippen LogP contribution in [0.3, 0.4) is 0 Å². The zero-order valence-corrected chi connectivity index (χ0v) is 18.2. The van der Waals surface area contributed by atoms with E-state index in [1.165, 1.54) is 0 Å². The molecular weight excluding hydrogens is 402 g/mol. The highest BCUT2D eigenvalue weighted by atomic mass is 32.2. The van der Waals surface area contributed by atoms with Gasteiger partial charge in [-0.1, -0.05) is 19.9 Å². The number of anilines is 2. The molecular formula is C21H29N5O3S. The molecule has 1 saturated carbocycles. The van der Waals surface area contributed by atoms with Crippen molar-refractivity contribution in [2.45, 2.75) is 56.5 Å². The predicted octanol–water partition coefficient (Wildman–Crippen LogP) is 1.99. The molecule has 30 heavy (non-hydrogen) atoms. The molecule has 1 aliphatic carbocycles. The summed E-state index contributed by atoms with van der Waals surface area (Å²) in [5.41, 5.74) is 3.10. The largest absolute Gasteiger partial charge is 0.394 e. The Labute approximate surface area is 177 Å². The number of sulfonamides is 1. The average molecular weight is 432 g/mol. The molecule has 2 heterocycles. The number of aliphatic hydroxyl groups is 1. The minimum Gasteiger partial charge on any atom is -0.394 e. The second-order valence-electron chi connectivity index (χ2n) is 8.57. The van der Waals surface area contributed by atoms with Gasteiger partial charge in [0, 0.05) is 25.1 Å². The summed E-state index contributed by atoms with van der Waals surface area (Å²) in [4.78, 5) is 11.7. The van der Waals surface area contributed by atoms with Crippen molar-refractivity contribution in [3.8, 4) is 0 Å². The van der Waals surface area contributed by atoms with Gasteiger partial charge in [0.2, 0.25) is 16.0 Å². The van der Waals surface area contributed by atoms with Crippen molar-refractivity contribution in [3.05, 3.63) is 41.1 Å². The van der Waals surface area contributed by atoms with Crippen molar-refractivity contribution in [1.82, 2.24) is 9.97 Å². The Hall–Kier alpha value is -2.23. The highest BCUT2D eigenvalue weighted by molar-refractivity contribution is 7.89. The lowest BCUT2D eigenvalue weighted by molar-refractivity contribution is 0.248. The van der Waals surface area contributed by atoms with Crippen molar-refractivity contribution < 1.29 is 13.5 Å². The lowest BCUT2D eigenvalue weighted by Crippen LogP contribution is -2.33. The molecule has 1 atom stereocenters. The topological polar surface area (TPSA) is 121 Å². The van der Waals surface area contributed by atoms with E-state index in [-0.39, 0.29) is 23.5 Å². The van der Waals surface area contributed by atoms with Gasteiger partial charge in [-0.2, -0.15) is 4.98 Å². The van der Waals surface area contributed by atoms with E-state index in [9.17, 15) is 13.5 Å². The molecule has 1 aromatic carbocycles. The monoisotopic (exact) mass is 431 g/mol. The van der Waals surface area contributed by atoms with Crippen LogP contribution in [0.1, 0.15) is 49.4 Å². The Kier molecular flexibility index (Phi) is 5.69. The first-order valence-electron chi connectivity index (χ1n) is 10.4. The van der Waals surface area contributed by atoms with Crippen LogP contribution in [0.25, 0.3) is 0 Å².